The second-order valence-electron chi connectivity index (χ2n) is 5.23. The fraction of sp³-hybridized carbons (Fsp3) is 0.211. The summed E-state index contributed by atoms with van der Waals surface area (Å²) in [6.45, 7) is -0.492. The van der Waals surface area contributed by atoms with Gasteiger partial charge in [-0.25, -0.2) is 4.79 Å². The highest BCUT2D eigenvalue weighted by molar-refractivity contribution is 5.81. The Kier molecular flexibility index (Phi) is 7.17. The van der Waals surface area contributed by atoms with E-state index in [-0.39, 0.29) is 5.75 Å². The van der Waals surface area contributed by atoms with Gasteiger partial charge in [-0.3, -0.25) is 9.59 Å². The van der Waals surface area contributed by atoms with E-state index in [1.54, 1.807) is 43.5 Å². The molecule has 2 aromatic rings. The Balaban J connectivity index is 1.69. The Hall–Kier alpha value is -3.35. The van der Waals surface area contributed by atoms with Crippen molar-refractivity contribution >= 4 is 18.2 Å². The van der Waals surface area contributed by atoms with Crippen LogP contribution in [0.1, 0.15) is 15.9 Å². The van der Waals surface area contributed by atoms with Crippen molar-refractivity contribution in [2.45, 2.75) is 6.54 Å². The predicted octanol–water partition coefficient (Wildman–Crippen LogP) is 1.75. The lowest BCUT2D eigenvalue weighted by atomic mass is 10.2. The third-order valence-electron chi connectivity index (χ3n) is 3.40. The van der Waals surface area contributed by atoms with E-state index in [9.17, 15) is 14.4 Å². The molecule has 0 radical (unpaired) electrons. The molecule has 0 bridgehead atoms. The average molecular weight is 357 g/mol. The van der Waals surface area contributed by atoms with Gasteiger partial charge < -0.3 is 19.5 Å². The van der Waals surface area contributed by atoms with Gasteiger partial charge in [0, 0.05) is 6.54 Å². The molecule has 26 heavy (non-hydrogen) atoms. The summed E-state index contributed by atoms with van der Waals surface area (Å²) in [6, 6.07) is 13.7. The molecular weight excluding hydrogens is 338 g/mol. The van der Waals surface area contributed by atoms with Gasteiger partial charge in [-0.1, -0.05) is 24.3 Å². The van der Waals surface area contributed by atoms with Crippen LogP contribution < -0.4 is 14.8 Å². The lowest BCUT2D eigenvalue weighted by Gasteiger charge is -2.09. The first-order valence-electron chi connectivity index (χ1n) is 7.84. The first kappa shape index (κ1) is 19.0. The number of para-hydroxylation sites is 1. The third kappa shape index (κ3) is 5.94. The van der Waals surface area contributed by atoms with Gasteiger partial charge in [0.05, 0.1) is 12.7 Å². The summed E-state index contributed by atoms with van der Waals surface area (Å²) < 4.78 is 15.1. The highest BCUT2D eigenvalue weighted by Gasteiger charge is 2.10. The van der Waals surface area contributed by atoms with E-state index in [2.05, 4.69) is 5.32 Å². The van der Waals surface area contributed by atoms with Gasteiger partial charge in [-0.2, -0.15) is 0 Å². The standard InChI is InChI=1S/C19H19NO6/c1-24-16-8-6-14(7-9-16)10-20-18(22)12-26-19(23)13-25-17-5-3-2-4-15(17)11-21/h2-9,11H,10,12-13H2,1H3,(H,20,22). The minimum Gasteiger partial charge on any atom is -0.497 e. The maximum atomic E-state index is 11.7. The van der Waals surface area contributed by atoms with Gasteiger partial charge in [0.25, 0.3) is 5.91 Å². The maximum Gasteiger partial charge on any atom is 0.344 e. The minimum absolute atomic E-state index is 0.281. The topological polar surface area (TPSA) is 90.9 Å². The number of carbonyl (C=O) groups is 3. The predicted molar refractivity (Wildman–Crippen MR) is 93.1 cm³/mol. The lowest BCUT2D eigenvalue weighted by Crippen LogP contribution is -2.29. The number of aldehydes is 1. The number of nitrogens with one attached hydrogen (secondary N) is 1. The molecule has 2 rings (SSSR count). The molecule has 7 heteroatoms. The second-order valence-corrected chi connectivity index (χ2v) is 5.23. The quantitative estimate of drug-likeness (QED) is 0.543. The van der Waals surface area contributed by atoms with Gasteiger partial charge in [-0.05, 0) is 29.8 Å². The van der Waals surface area contributed by atoms with E-state index >= 15 is 0 Å². The van der Waals surface area contributed by atoms with Gasteiger partial charge >= 0.3 is 5.97 Å². The van der Waals surface area contributed by atoms with Crippen LogP contribution in [0.5, 0.6) is 11.5 Å². The minimum atomic E-state index is -0.703. The zero-order chi connectivity index (χ0) is 18.8. The number of ether oxygens (including phenoxy) is 3. The van der Waals surface area contributed by atoms with Gasteiger partial charge in [-0.15, -0.1) is 0 Å². The fourth-order valence-corrected chi connectivity index (χ4v) is 2.03. The van der Waals surface area contributed by atoms with Crippen LogP contribution >= 0.6 is 0 Å². The summed E-state index contributed by atoms with van der Waals surface area (Å²) in [5.74, 6) is -0.124. The van der Waals surface area contributed by atoms with E-state index in [4.69, 9.17) is 14.2 Å². The lowest BCUT2D eigenvalue weighted by molar-refractivity contribution is -0.150. The van der Waals surface area contributed by atoms with Crippen LogP contribution in [0.2, 0.25) is 0 Å². The van der Waals surface area contributed by atoms with E-state index in [0.29, 0.717) is 18.4 Å². The number of methoxy groups -OCH3 is 1. The van der Waals surface area contributed by atoms with Crippen LogP contribution in [0.3, 0.4) is 0 Å². The highest BCUT2D eigenvalue weighted by Crippen LogP contribution is 2.15. The molecule has 2 aromatic carbocycles. The Morgan fingerprint density at radius 1 is 1.04 bits per heavy atom. The van der Waals surface area contributed by atoms with Crippen molar-refractivity contribution in [3.8, 4) is 11.5 Å². The van der Waals surface area contributed by atoms with Crippen molar-refractivity contribution in [3.05, 3.63) is 59.7 Å². The third-order valence-corrected chi connectivity index (χ3v) is 3.40. The molecule has 0 aliphatic rings. The largest absolute Gasteiger partial charge is 0.497 e. The van der Waals surface area contributed by atoms with Crippen molar-refractivity contribution < 1.29 is 28.6 Å². The number of amides is 1. The molecule has 1 amide bonds. The van der Waals surface area contributed by atoms with E-state index < -0.39 is 25.1 Å². The van der Waals surface area contributed by atoms with Crippen LogP contribution in [0.4, 0.5) is 0 Å². The smallest absolute Gasteiger partial charge is 0.344 e. The Morgan fingerprint density at radius 2 is 1.77 bits per heavy atom. The molecule has 0 saturated heterocycles. The van der Waals surface area contributed by atoms with E-state index in [1.165, 1.54) is 0 Å². The van der Waals surface area contributed by atoms with Crippen LogP contribution in [0.25, 0.3) is 0 Å². The molecule has 0 saturated carbocycles. The summed E-state index contributed by atoms with van der Waals surface area (Å²) in [7, 11) is 1.58. The zero-order valence-corrected chi connectivity index (χ0v) is 14.3. The number of hydrogen-bond acceptors (Lipinski definition) is 6. The number of benzene rings is 2. The molecular formula is C19H19NO6. The average Bonchev–Trinajstić information content (AvgIpc) is 2.69. The molecule has 0 aliphatic carbocycles. The van der Waals surface area contributed by atoms with Gasteiger partial charge in [0.1, 0.15) is 11.5 Å². The maximum absolute atomic E-state index is 11.7. The van der Waals surface area contributed by atoms with Crippen LogP contribution in [-0.2, 0) is 20.9 Å². The fourth-order valence-electron chi connectivity index (χ4n) is 2.03. The van der Waals surface area contributed by atoms with Crippen molar-refractivity contribution in [1.82, 2.24) is 5.32 Å². The van der Waals surface area contributed by atoms with E-state index in [0.717, 1.165) is 11.3 Å². The number of rotatable bonds is 9. The monoisotopic (exact) mass is 357 g/mol. The van der Waals surface area contributed by atoms with E-state index in [1.807, 2.05) is 12.1 Å². The molecule has 0 unspecified atom stereocenters. The van der Waals surface area contributed by atoms with Crippen LogP contribution in [0, 0.1) is 0 Å². The van der Waals surface area contributed by atoms with Crippen LogP contribution in [0.15, 0.2) is 48.5 Å². The molecule has 0 heterocycles. The molecule has 0 aliphatic heterocycles. The summed E-state index contributed by atoms with van der Waals surface area (Å²) in [5, 5.41) is 2.64. The molecule has 0 fully saturated rings. The summed E-state index contributed by atoms with van der Waals surface area (Å²) in [4.78, 5) is 34.2. The molecule has 0 atom stereocenters. The molecule has 136 valence electrons. The van der Waals surface area contributed by atoms with Crippen molar-refractivity contribution in [2.24, 2.45) is 0 Å². The summed E-state index contributed by atoms with van der Waals surface area (Å²) in [6.07, 6.45) is 0.632. The second kappa shape index (κ2) is 9.83. The van der Waals surface area contributed by atoms with Crippen molar-refractivity contribution in [2.75, 3.05) is 20.3 Å². The molecule has 1 N–H and O–H groups in total. The molecule has 0 spiro atoms. The summed E-state index contributed by atoms with van der Waals surface area (Å²) in [5.41, 5.74) is 1.22. The normalized spacial score (nSPS) is 9.88. The Morgan fingerprint density at radius 3 is 2.46 bits per heavy atom. The Labute approximate surface area is 150 Å². The van der Waals surface area contributed by atoms with Gasteiger partial charge in [0.15, 0.2) is 19.5 Å². The number of carbonyl (C=O) groups excluding carboxylic acids is 3. The SMILES string of the molecule is COc1ccc(CNC(=O)COC(=O)COc2ccccc2C=O)cc1. The first-order valence-corrected chi connectivity index (χ1v) is 7.84. The van der Waals surface area contributed by atoms with Crippen molar-refractivity contribution in [3.63, 3.8) is 0 Å². The molecule has 7 nitrogen and oxygen atoms in total. The highest BCUT2D eigenvalue weighted by atomic mass is 16.6. The summed E-state index contributed by atoms with van der Waals surface area (Å²) >= 11 is 0. The molecule has 0 aromatic heterocycles. The van der Waals surface area contributed by atoms with Crippen molar-refractivity contribution in [1.29, 1.82) is 0 Å². The Bertz CT molecular complexity index is 757. The number of hydrogen-bond donors (Lipinski definition) is 1. The van der Waals surface area contributed by atoms with Gasteiger partial charge in [0.2, 0.25) is 0 Å². The van der Waals surface area contributed by atoms with Crippen LogP contribution in [-0.4, -0.2) is 38.5 Å². The zero-order valence-electron chi connectivity index (χ0n) is 14.3. The number of esters is 1. The first-order chi connectivity index (χ1) is 12.6.